The van der Waals surface area contributed by atoms with Gasteiger partial charge in [0.2, 0.25) is 0 Å². The summed E-state index contributed by atoms with van der Waals surface area (Å²) in [5.74, 6) is 4.32. The molecule has 0 radical (unpaired) electrons. The van der Waals surface area contributed by atoms with Gasteiger partial charge in [-0.05, 0) is 112 Å². The van der Waals surface area contributed by atoms with Gasteiger partial charge in [-0.1, -0.05) is 124 Å². The normalized spacial score (nSPS) is 27.0. The van der Waals surface area contributed by atoms with Gasteiger partial charge in [-0.15, -0.1) is 0 Å². The van der Waals surface area contributed by atoms with Gasteiger partial charge in [0, 0.05) is 11.2 Å². The number of benzene rings is 1. The van der Waals surface area contributed by atoms with Crippen molar-refractivity contribution in [2.75, 3.05) is 11.5 Å². The van der Waals surface area contributed by atoms with Crippen LogP contribution in [0.2, 0.25) is 0 Å². The van der Waals surface area contributed by atoms with E-state index < -0.39 is 0 Å². The van der Waals surface area contributed by atoms with E-state index in [0.29, 0.717) is 17.3 Å². The second-order valence-electron chi connectivity index (χ2n) is 12.2. The first-order valence-corrected chi connectivity index (χ1v) is 18.8. The monoisotopic (exact) mass is 626 g/mol. The molecule has 252 valence electrons. The molecule has 2 saturated carbocycles. The van der Waals surface area contributed by atoms with Crippen LogP contribution in [0.25, 0.3) is 0 Å². The van der Waals surface area contributed by atoms with E-state index in [0.717, 1.165) is 30.1 Å². The Morgan fingerprint density at radius 3 is 2.16 bits per heavy atom. The highest BCUT2D eigenvalue weighted by Gasteiger charge is 2.47. The fourth-order valence-corrected chi connectivity index (χ4v) is 7.49. The fourth-order valence-electron chi connectivity index (χ4n) is 6.82. The molecule has 0 spiro atoms. The maximum absolute atomic E-state index is 11.3. The number of para-hydroxylation sites is 1. The molecule has 5 atom stereocenters. The van der Waals surface area contributed by atoms with Gasteiger partial charge in [-0.2, -0.15) is 11.8 Å². The van der Waals surface area contributed by atoms with E-state index in [-0.39, 0.29) is 5.41 Å². The van der Waals surface area contributed by atoms with Gasteiger partial charge in [0.25, 0.3) is 0 Å². The van der Waals surface area contributed by atoms with Crippen LogP contribution in [-0.4, -0.2) is 24.5 Å². The first-order chi connectivity index (χ1) is 21.1. The zero-order chi connectivity index (χ0) is 34.2. The van der Waals surface area contributed by atoms with Crippen molar-refractivity contribution in [1.82, 2.24) is 0 Å². The van der Waals surface area contributed by atoms with Crippen LogP contribution in [0, 0.1) is 35.5 Å². The van der Waals surface area contributed by atoms with Gasteiger partial charge in [0.15, 0.2) is 0 Å². The summed E-state index contributed by atoms with van der Waals surface area (Å²) in [6, 6.07) is 7.91. The van der Waals surface area contributed by atoms with Crippen LogP contribution in [0.3, 0.4) is 0 Å². The van der Waals surface area contributed by atoms with Crippen molar-refractivity contribution in [2.24, 2.45) is 33.6 Å². The van der Waals surface area contributed by atoms with E-state index in [1.54, 1.807) is 0 Å². The van der Waals surface area contributed by atoms with E-state index in [2.05, 4.69) is 78.9 Å². The first-order valence-electron chi connectivity index (χ1n) is 17.7. The summed E-state index contributed by atoms with van der Waals surface area (Å²) in [5, 5.41) is 0. The Kier molecular flexibility index (Phi) is 25.5. The molecule has 0 amide bonds. The number of nitrogens with zero attached hydrogens (tertiary/aromatic N) is 1. The average molecular weight is 626 g/mol. The molecular formula is C41H71NOS. The minimum absolute atomic E-state index is 0.0119. The van der Waals surface area contributed by atoms with Gasteiger partial charge in [-0.3, -0.25) is 9.79 Å². The van der Waals surface area contributed by atoms with Crippen LogP contribution in [0.15, 0.2) is 65.2 Å². The number of aliphatic imine (C=N–C) groups is 1. The number of fused-ring (bicyclic) bond motifs is 1. The summed E-state index contributed by atoms with van der Waals surface area (Å²) in [6.07, 6.45) is 17.3. The summed E-state index contributed by atoms with van der Waals surface area (Å²) in [7, 11) is 0. The van der Waals surface area contributed by atoms with Crippen LogP contribution in [0.5, 0.6) is 0 Å². The number of aldehydes is 1. The van der Waals surface area contributed by atoms with Gasteiger partial charge in [-0.25, -0.2) is 0 Å². The molecule has 44 heavy (non-hydrogen) atoms. The highest BCUT2D eigenvalue weighted by atomic mass is 32.2. The van der Waals surface area contributed by atoms with E-state index in [4.69, 9.17) is 0 Å². The largest absolute Gasteiger partial charge is 0.299 e. The van der Waals surface area contributed by atoms with Crippen LogP contribution in [0.4, 0.5) is 5.69 Å². The number of thioether (sulfide) groups is 1. The lowest BCUT2D eigenvalue weighted by molar-refractivity contribution is -0.104. The third-order valence-corrected chi connectivity index (χ3v) is 10.4. The van der Waals surface area contributed by atoms with E-state index in [9.17, 15) is 4.79 Å². The molecule has 1 aromatic rings. The molecule has 0 saturated heterocycles. The van der Waals surface area contributed by atoms with E-state index >= 15 is 0 Å². The Morgan fingerprint density at radius 1 is 1.05 bits per heavy atom. The Balaban J connectivity index is 0. The lowest BCUT2D eigenvalue weighted by Gasteiger charge is -2.43. The second kappa shape index (κ2) is 25.3. The van der Waals surface area contributed by atoms with Crippen molar-refractivity contribution < 1.29 is 4.79 Å². The van der Waals surface area contributed by atoms with Crippen molar-refractivity contribution in [3.05, 3.63) is 65.8 Å². The zero-order valence-corrected chi connectivity index (χ0v) is 31.9. The van der Waals surface area contributed by atoms with Gasteiger partial charge in [0.1, 0.15) is 6.29 Å². The molecule has 3 rings (SSSR count). The predicted molar refractivity (Wildman–Crippen MR) is 205 cm³/mol. The van der Waals surface area contributed by atoms with Crippen molar-refractivity contribution >= 4 is 30.5 Å². The smallest absolute Gasteiger partial charge is 0.142 e. The topological polar surface area (TPSA) is 29.4 Å². The Morgan fingerprint density at radius 2 is 1.66 bits per heavy atom. The summed E-state index contributed by atoms with van der Waals surface area (Å²) in [5.41, 5.74) is 5.34. The SMILES string of the molecule is C=C(CSCC)C1CCC2CCC/C(=C/C=O)C(C)(/C=C\C)C(C)CCC21C.C=Nc1ccccc1C.CC.CC.CCC. The predicted octanol–water partition coefficient (Wildman–Crippen LogP) is 13.4. The maximum atomic E-state index is 11.3. The van der Waals surface area contributed by atoms with Gasteiger partial charge < -0.3 is 0 Å². The van der Waals surface area contributed by atoms with Crippen molar-refractivity contribution in [3.8, 4) is 0 Å². The Bertz CT molecular complexity index is 979. The summed E-state index contributed by atoms with van der Waals surface area (Å²) in [4.78, 5) is 15.2. The Hall–Kier alpha value is -1.87. The number of aryl methyl sites for hydroxylation is 1. The molecule has 2 aliphatic carbocycles. The molecular weight excluding hydrogens is 555 g/mol. The molecule has 0 aliphatic heterocycles. The quantitative estimate of drug-likeness (QED) is 0.131. The zero-order valence-electron chi connectivity index (χ0n) is 31.1. The van der Waals surface area contributed by atoms with Gasteiger partial charge in [0.05, 0.1) is 5.69 Å². The number of hydrogen-bond acceptors (Lipinski definition) is 3. The number of carbonyl (C=O) groups excluding carboxylic acids is 1. The van der Waals surface area contributed by atoms with Crippen LogP contribution in [-0.2, 0) is 4.79 Å². The average Bonchev–Trinajstić information content (AvgIpc) is 3.36. The molecule has 2 fully saturated rings. The first kappa shape index (κ1) is 44.3. The molecule has 0 aromatic heterocycles. The fraction of sp³-hybridized carbons (Fsp3) is 0.659. The van der Waals surface area contributed by atoms with Gasteiger partial charge >= 0.3 is 0 Å². The lowest BCUT2D eigenvalue weighted by atomic mass is 9.61. The standard InChI is InChI=1S/C26H42OS.C8H9N.C3H8.2C2H6/c1-7-16-25(5)21(4)14-17-26(6)22(10-9-11-23(25)15-18-27)12-13-24(26)20(3)19-28-8-2;1-7-5-3-4-6-8(7)9-2;1-3-2;2*1-2/h7,15-16,18,21-22,24H,3,8-14,17,19H2,1-2,4-6H3;3-6H,2H2,1H3;3H2,1-2H3;2*1-2H3/b16-7-,23-15-;;;;. The van der Waals surface area contributed by atoms with E-state index in [1.165, 1.54) is 67.4 Å². The minimum Gasteiger partial charge on any atom is -0.299 e. The highest BCUT2D eigenvalue weighted by molar-refractivity contribution is 7.99. The second-order valence-corrected chi connectivity index (χ2v) is 13.5. The molecule has 5 unspecified atom stereocenters. The van der Waals surface area contributed by atoms with Crippen molar-refractivity contribution in [1.29, 1.82) is 0 Å². The summed E-state index contributed by atoms with van der Waals surface area (Å²) < 4.78 is 0. The molecule has 0 heterocycles. The molecule has 0 N–H and O–H groups in total. The van der Waals surface area contributed by atoms with Crippen molar-refractivity contribution in [3.63, 3.8) is 0 Å². The lowest BCUT2D eigenvalue weighted by Crippen LogP contribution is -2.34. The molecule has 2 aliphatic rings. The van der Waals surface area contributed by atoms with Crippen LogP contribution < -0.4 is 0 Å². The minimum atomic E-state index is -0.0119. The van der Waals surface area contributed by atoms with Crippen LogP contribution in [0.1, 0.15) is 133 Å². The highest BCUT2D eigenvalue weighted by Crippen LogP contribution is 2.57. The van der Waals surface area contributed by atoms with E-state index in [1.807, 2.05) is 76.7 Å². The Labute approximate surface area is 279 Å². The third kappa shape index (κ3) is 13.6. The van der Waals surface area contributed by atoms with Crippen molar-refractivity contribution in [2.45, 2.75) is 134 Å². The molecule has 3 heteroatoms. The summed E-state index contributed by atoms with van der Waals surface area (Å²) >= 11 is 2.02. The number of carbonyl (C=O) groups is 1. The maximum Gasteiger partial charge on any atom is 0.142 e. The number of rotatable bonds is 7. The third-order valence-electron chi connectivity index (χ3n) is 9.42. The summed E-state index contributed by atoms with van der Waals surface area (Å²) in [6.45, 7) is 33.9. The number of allylic oxidation sites excluding steroid dienone is 4. The number of hydrogen-bond donors (Lipinski definition) is 0. The van der Waals surface area contributed by atoms with Crippen LogP contribution >= 0.6 is 11.8 Å². The molecule has 0 bridgehead atoms. The molecule has 1 aromatic carbocycles. The molecule has 2 nitrogen and oxygen atoms in total.